The van der Waals surface area contributed by atoms with Gasteiger partial charge >= 0.3 is 5.97 Å². The number of hydrogen-bond donors (Lipinski definition) is 1. The predicted molar refractivity (Wildman–Crippen MR) is 194 cm³/mol. The highest BCUT2D eigenvalue weighted by molar-refractivity contribution is 6.16. The van der Waals surface area contributed by atoms with Crippen molar-refractivity contribution in [3.05, 3.63) is 126 Å². The summed E-state index contributed by atoms with van der Waals surface area (Å²) in [4.78, 5) is 30.0. The molecule has 1 aliphatic heterocycles. The van der Waals surface area contributed by atoms with Gasteiger partial charge in [0.25, 0.3) is 0 Å². The second-order valence-corrected chi connectivity index (χ2v) is 12.6. The smallest absolute Gasteiger partial charge is 0.303 e. The monoisotopic (exact) mass is 659 g/mol. The normalized spacial score (nSPS) is 14.8. The van der Waals surface area contributed by atoms with Crippen LogP contribution in [0.3, 0.4) is 0 Å². The Labute approximate surface area is 288 Å². The number of fused-ring (bicyclic) bond motifs is 1. The van der Waals surface area contributed by atoms with Crippen molar-refractivity contribution in [1.29, 1.82) is 0 Å². The number of rotatable bonds is 15. The molecule has 2 unspecified atom stereocenters. The van der Waals surface area contributed by atoms with Gasteiger partial charge in [-0.3, -0.25) is 14.5 Å². The van der Waals surface area contributed by atoms with E-state index in [1.54, 1.807) is 7.11 Å². The van der Waals surface area contributed by atoms with Crippen LogP contribution in [0.1, 0.15) is 66.2 Å². The fourth-order valence-electron chi connectivity index (χ4n) is 6.89. The van der Waals surface area contributed by atoms with Crippen LogP contribution in [0.25, 0.3) is 10.9 Å². The van der Waals surface area contributed by atoms with E-state index in [0.717, 1.165) is 73.5 Å². The second-order valence-electron chi connectivity index (χ2n) is 12.6. The van der Waals surface area contributed by atoms with Crippen LogP contribution in [0, 0.1) is 0 Å². The molecule has 2 heterocycles. The van der Waals surface area contributed by atoms with Crippen molar-refractivity contribution in [2.24, 2.45) is 0 Å². The SMILES string of the molecule is CCC(CCC(=O)O)n1cc(C(=O)c2ccc(OC(CCN3CCN(c4ccccc4OC)CC3)c3ccccc3)cc2)c2ccccc21. The van der Waals surface area contributed by atoms with Gasteiger partial charge < -0.3 is 24.0 Å². The summed E-state index contributed by atoms with van der Waals surface area (Å²) in [5.74, 6) is 0.743. The highest BCUT2D eigenvalue weighted by Gasteiger charge is 2.23. The number of ether oxygens (including phenoxy) is 2. The van der Waals surface area contributed by atoms with Crippen LogP contribution in [0.2, 0.25) is 0 Å². The summed E-state index contributed by atoms with van der Waals surface area (Å²) in [7, 11) is 1.72. The molecular weight excluding hydrogens is 614 g/mol. The van der Waals surface area contributed by atoms with Crippen molar-refractivity contribution < 1.29 is 24.2 Å². The molecule has 8 nitrogen and oxygen atoms in total. The number of methoxy groups -OCH3 is 1. The fourth-order valence-corrected chi connectivity index (χ4v) is 6.89. The summed E-state index contributed by atoms with van der Waals surface area (Å²) in [6, 6.07) is 33.8. The van der Waals surface area contributed by atoms with Gasteiger partial charge in [0.15, 0.2) is 5.78 Å². The highest BCUT2D eigenvalue weighted by atomic mass is 16.5. The summed E-state index contributed by atoms with van der Waals surface area (Å²) in [5, 5.41) is 10.1. The molecule has 49 heavy (non-hydrogen) atoms. The Balaban J connectivity index is 1.13. The van der Waals surface area contributed by atoms with Crippen LogP contribution in [-0.2, 0) is 4.79 Å². The minimum Gasteiger partial charge on any atom is -0.495 e. The van der Waals surface area contributed by atoms with Crippen LogP contribution in [0.5, 0.6) is 11.5 Å². The third-order valence-electron chi connectivity index (χ3n) is 9.61. The van der Waals surface area contributed by atoms with Gasteiger partial charge in [-0.15, -0.1) is 0 Å². The summed E-state index contributed by atoms with van der Waals surface area (Å²) in [5.41, 5.74) is 4.40. The van der Waals surface area contributed by atoms with E-state index in [4.69, 9.17) is 9.47 Å². The molecule has 254 valence electrons. The lowest BCUT2D eigenvalue weighted by Gasteiger charge is -2.37. The number of hydrogen-bond acceptors (Lipinski definition) is 6. The molecule has 1 N–H and O–H groups in total. The number of aromatic nitrogens is 1. The van der Waals surface area contributed by atoms with E-state index in [9.17, 15) is 14.7 Å². The topological polar surface area (TPSA) is 84.2 Å². The molecule has 0 saturated carbocycles. The second kappa shape index (κ2) is 15.9. The van der Waals surface area contributed by atoms with Gasteiger partial charge in [-0.25, -0.2) is 0 Å². The molecule has 1 saturated heterocycles. The van der Waals surface area contributed by atoms with Crippen molar-refractivity contribution in [2.45, 2.75) is 44.8 Å². The molecule has 8 heteroatoms. The summed E-state index contributed by atoms with van der Waals surface area (Å²) in [6.45, 7) is 6.76. The van der Waals surface area contributed by atoms with Gasteiger partial charge in [0, 0.05) is 79.8 Å². The third-order valence-corrected chi connectivity index (χ3v) is 9.61. The molecular formula is C41H45N3O5. The average Bonchev–Trinajstić information content (AvgIpc) is 3.53. The third kappa shape index (κ3) is 7.98. The number of carboxylic acids is 1. The molecule has 1 aromatic heterocycles. The summed E-state index contributed by atoms with van der Waals surface area (Å²) in [6.07, 6.45) is 3.96. The number of aliphatic carboxylic acids is 1. The average molecular weight is 660 g/mol. The lowest BCUT2D eigenvalue weighted by Crippen LogP contribution is -2.47. The number of carboxylic acid groups (broad SMARTS) is 1. The Bertz CT molecular complexity index is 1840. The molecule has 6 rings (SSSR count). The number of carbonyl (C=O) groups is 2. The molecule has 0 spiro atoms. The minimum absolute atomic E-state index is 0.00973. The number of anilines is 1. The first kappa shape index (κ1) is 33.8. The lowest BCUT2D eigenvalue weighted by atomic mass is 10.0. The first-order valence-corrected chi connectivity index (χ1v) is 17.2. The maximum Gasteiger partial charge on any atom is 0.303 e. The number of carbonyl (C=O) groups excluding carboxylic acids is 1. The molecule has 1 aliphatic rings. The highest BCUT2D eigenvalue weighted by Crippen LogP contribution is 2.32. The Morgan fingerprint density at radius 2 is 1.51 bits per heavy atom. The van der Waals surface area contributed by atoms with Crippen LogP contribution < -0.4 is 14.4 Å². The van der Waals surface area contributed by atoms with Gasteiger partial charge in [0.05, 0.1) is 12.8 Å². The van der Waals surface area contributed by atoms with Crippen LogP contribution in [0.15, 0.2) is 109 Å². The molecule has 0 radical (unpaired) electrons. The van der Waals surface area contributed by atoms with Crippen molar-refractivity contribution in [3.8, 4) is 11.5 Å². The molecule has 2 atom stereocenters. The van der Waals surface area contributed by atoms with E-state index in [1.807, 2.05) is 92.0 Å². The fraction of sp³-hybridized carbons (Fsp3) is 0.317. The largest absolute Gasteiger partial charge is 0.495 e. The number of para-hydroxylation sites is 3. The Hall–Kier alpha value is -5.08. The molecule has 4 aromatic carbocycles. The van der Waals surface area contributed by atoms with Gasteiger partial charge in [-0.1, -0.05) is 67.6 Å². The first-order chi connectivity index (χ1) is 23.9. The van der Waals surface area contributed by atoms with E-state index < -0.39 is 5.97 Å². The van der Waals surface area contributed by atoms with Gasteiger partial charge in [0.2, 0.25) is 0 Å². The standard InChI is InChI=1S/C41H45N3O5/c1-3-32(19-22-40(45)46)44-29-35(34-13-7-8-14-36(34)44)41(47)31-17-20-33(21-18-31)49-38(30-11-5-4-6-12-30)23-24-42-25-27-43(28-26-42)37-15-9-10-16-39(37)48-2/h4-18,20-21,29,32,38H,3,19,22-28H2,1-2H3,(H,45,46). The van der Waals surface area contributed by atoms with Crippen molar-refractivity contribution in [1.82, 2.24) is 9.47 Å². The minimum atomic E-state index is -0.814. The van der Waals surface area contributed by atoms with Gasteiger partial charge in [0.1, 0.15) is 17.6 Å². The first-order valence-electron chi connectivity index (χ1n) is 17.2. The van der Waals surface area contributed by atoms with Crippen molar-refractivity contribution in [2.75, 3.05) is 44.7 Å². The molecule has 5 aromatic rings. The molecule has 0 aliphatic carbocycles. The van der Waals surface area contributed by atoms with Crippen molar-refractivity contribution in [3.63, 3.8) is 0 Å². The van der Waals surface area contributed by atoms with E-state index in [0.29, 0.717) is 23.3 Å². The summed E-state index contributed by atoms with van der Waals surface area (Å²) < 4.78 is 14.3. The van der Waals surface area contributed by atoms with E-state index >= 15 is 0 Å². The summed E-state index contributed by atoms with van der Waals surface area (Å²) >= 11 is 0. The molecule has 0 bridgehead atoms. The zero-order chi connectivity index (χ0) is 34.2. The van der Waals surface area contributed by atoms with Gasteiger partial charge in [-0.05, 0) is 60.9 Å². The number of benzene rings is 4. The zero-order valence-corrected chi connectivity index (χ0v) is 28.3. The maximum atomic E-state index is 13.9. The number of ketones is 1. The van der Waals surface area contributed by atoms with E-state index in [2.05, 4.69) is 38.6 Å². The van der Waals surface area contributed by atoms with Crippen LogP contribution in [0.4, 0.5) is 5.69 Å². The predicted octanol–water partition coefficient (Wildman–Crippen LogP) is 8.03. The quantitative estimate of drug-likeness (QED) is 0.114. The van der Waals surface area contributed by atoms with Crippen molar-refractivity contribution >= 4 is 28.3 Å². The Morgan fingerprint density at radius 1 is 0.816 bits per heavy atom. The molecule has 0 amide bonds. The molecule has 1 fully saturated rings. The Kier molecular flexibility index (Phi) is 11.0. The number of nitrogens with zero attached hydrogens (tertiary/aromatic N) is 3. The Morgan fingerprint density at radius 3 is 2.22 bits per heavy atom. The van der Waals surface area contributed by atoms with Crippen LogP contribution in [-0.4, -0.2) is 66.2 Å². The lowest BCUT2D eigenvalue weighted by molar-refractivity contribution is -0.137. The van der Waals surface area contributed by atoms with Crippen LogP contribution >= 0.6 is 0 Å². The van der Waals surface area contributed by atoms with Gasteiger partial charge in [-0.2, -0.15) is 0 Å². The van der Waals surface area contributed by atoms with E-state index in [-0.39, 0.29) is 24.3 Å². The van der Waals surface area contributed by atoms with E-state index in [1.165, 1.54) is 0 Å². The zero-order valence-electron chi connectivity index (χ0n) is 28.3. The maximum absolute atomic E-state index is 13.9. The number of piperazine rings is 1.